The van der Waals surface area contributed by atoms with E-state index in [9.17, 15) is 10.0 Å². The molecule has 1 fully saturated rings. The molecule has 0 bridgehead atoms. The van der Waals surface area contributed by atoms with Crippen LogP contribution in [-0.2, 0) is 12.2 Å². The van der Waals surface area contributed by atoms with Crippen molar-refractivity contribution in [2.75, 3.05) is 5.75 Å². The van der Waals surface area contributed by atoms with Gasteiger partial charge in [0.25, 0.3) is 0 Å². The van der Waals surface area contributed by atoms with E-state index in [0.717, 1.165) is 53.3 Å². The minimum atomic E-state index is -0.231. The fourth-order valence-electron chi connectivity index (χ4n) is 2.22. The Morgan fingerprint density at radius 3 is 2.87 bits per heavy atom. The van der Waals surface area contributed by atoms with Crippen LogP contribution in [0.15, 0.2) is 4.79 Å². The highest BCUT2D eigenvalue weighted by atomic mass is 32.2. The van der Waals surface area contributed by atoms with Crippen LogP contribution in [0.1, 0.15) is 36.7 Å². The quantitative estimate of drug-likeness (QED) is 0.736. The molecule has 2 heterocycles. The third-order valence-corrected chi connectivity index (χ3v) is 4.17. The summed E-state index contributed by atoms with van der Waals surface area (Å²) in [6.07, 6.45) is 4.04. The van der Waals surface area contributed by atoms with Crippen molar-refractivity contribution in [2.24, 2.45) is 0 Å². The molecule has 1 aromatic heterocycles. The average Bonchev–Trinajstić information content (AvgIpc) is 3.01. The van der Waals surface area contributed by atoms with Crippen molar-refractivity contribution in [1.82, 2.24) is 9.30 Å². The zero-order valence-electron chi connectivity index (χ0n) is 8.48. The van der Waals surface area contributed by atoms with E-state index in [0.29, 0.717) is 6.04 Å². The molecule has 1 aliphatic carbocycles. The fourth-order valence-corrected chi connectivity index (χ4v) is 3.21. The Morgan fingerprint density at radius 2 is 2.13 bits per heavy atom. The van der Waals surface area contributed by atoms with Crippen LogP contribution in [0.3, 0.4) is 0 Å². The molecule has 15 heavy (non-hydrogen) atoms. The first-order chi connectivity index (χ1) is 7.29. The zero-order chi connectivity index (χ0) is 10.4. The van der Waals surface area contributed by atoms with Crippen molar-refractivity contribution in [1.29, 1.82) is 0 Å². The molecule has 1 N–H and O–H groups in total. The summed E-state index contributed by atoms with van der Waals surface area (Å²) in [7, 11) is 0. The smallest absolute Gasteiger partial charge is 0.361 e. The highest BCUT2D eigenvalue weighted by molar-refractivity contribution is 7.98. The second-order valence-corrected chi connectivity index (χ2v) is 5.35. The van der Waals surface area contributed by atoms with Gasteiger partial charge < -0.3 is 5.21 Å². The van der Waals surface area contributed by atoms with Crippen LogP contribution >= 0.6 is 11.8 Å². The van der Waals surface area contributed by atoms with Gasteiger partial charge in [-0.05, 0) is 31.4 Å². The maximum atomic E-state index is 11.8. The van der Waals surface area contributed by atoms with E-state index in [1.807, 2.05) is 16.3 Å². The van der Waals surface area contributed by atoms with Crippen molar-refractivity contribution in [3.05, 3.63) is 21.9 Å². The van der Waals surface area contributed by atoms with Crippen molar-refractivity contribution < 1.29 is 5.21 Å². The van der Waals surface area contributed by atoms with Gasteiger partial charge >= 0.3 is 5.69 Å². The summed E-state index contributed by atoms with van der Waals surface area (Å²) in [6.45, 7) is 0. The molecule has 4 nitrogen and oxygen atoms in total. The minimum absolute atomic E-state index is 0.231. The van der Waals surface area contributed by atoms with E-state index < -0.39 is 0 Å². The van der Waals surface area contributed by atoms with Crippen LogP contribution in [0.2, 0.25) is 0 Å². The molecule has 2 aliphatic rings. The molecule has 0 spiro atoms. The van der Waals surface area contributed by atoms with Gasteiger partial charge in [-0.25, -0.2) is 4.79 Å². The Hall–Kier alpha value is -0.840. The van der Waals surface area contributed by atoms with Gasteiger partial charge in [-0.15, -0.1) is 4.73 Å². The second kappa shape index (κ2) is 3.33. The van der Waals surface area contributed by atoms with E-state index >= 15 is 0 Å². The Labute approximate surface area is 91.9 Å². The predicted molar refractivity (Wildman–Crippen MR) is 58.6 cm³/mol. The molecule has 1 saturated carbocycles. The third kappa shape index (κ3) is 1.40. The van der Waals surface area contributed by atoms with Gasteiger partial charge in [0.15, 0.2) is 0 Å². The molecule has 0 amide bonds. The fraction of sp³-hybridized carbons (Fsp3) is 0.700. The molecule has 0 unspecified atom stereocenters. The standard InChI is InChI=1S/C10H14N2O2S/c13-10-11(7-3-4-7)9-6-15-5-1-2-8(9)12(10)14/h7,14H,1-6H2. The zero-order valence-corrected chi connectivity index (χ0v) is 9.29. The van der Waals surface area contributed by atoms with Crippen LogP contribution in [0.4, 0.5) is 0 Å². The van der Waals surface area contributed by atoms with Gasteiger partial charge in [0.05, 0.1) is 11.4 Å². The van der Waals surface area contributed by atoms with Crippen LogP contribution in [0, 0.1) is 0 Å². The Balaban J connectivity index is 2.17. The van der Waals surface area contributed by atoms with Crippen LogP contribution in [-0.4, -0.2) is 20.3 Å². The molecule has 5 heteroatoms. The highest BCUT2D eigenvalue weighted by Gasteiger charge is 2.31. The predicted octanol–water partition coefficient (Wildman–Crippen LogP) is 1.40. The van der Waals surface area contributed by atoms with Crippen molar-refractivity contribution >= 4 is 11.8 Å². The van der Waals surface area contributed by atoms with E-state index in [-0.39, 0.29) is 5.69 Å². The van der Waals surface area contributed by atoms with E-state index in [1.165, 1.54) is 0 Å². The first-order valence-corrected chi connectivity index (χ1v) is 6.56. The summed E-state index contributed by atoms with van der Waals surface area (Å²) in [5.74, 6) is 1.99. The first kappa shape index (κ1) is 9.39. The largest absolute Gasteiger partial charge is 0.424 e. The van der Waals surface area contributed by atoms with Crippen molar-refractivity contribution in [2.45, 2.75) is 37.5 Å². The lowest BCUT2D eigenvalue weighted by Gasteiger charge is -2.03. The summed E-state index contributed by atoms with van der Waals surface area (Å²) >= 11 is 1.86. The minimum Gasteiger partial charge on any atom is -0.424 e. The van der Waals surface area contributed by atoms with Crippen LogP contribution in [0.5, 0.6) is 0 Å². The van der Waals surface area contributed by atoms with Crippen LogP contribution in [0.25, 0.3) is 0 Å². The Kier molecular flexibility index (Phi) is 2.09. The SMILES string of the molecule is O=c1n(O)c2c(n1C1CC1)CSCCC2. The third-order valence-electron chi connectivity index (χ3n) is 3.12. The molecule has 3 rings (SSSR count). The Bertz CT molecular complexity index is 445. The van der Waals surface area contributed by atoms with Crippen molar-refractivity contribution in [3.63, 3.8) is 0 Å². The van der Waals surface area contributed by atoms with Crippen molar-refractivity contribution in [3.8, 4) is 0 Å². The highest BCUT2D eigenvalue weighted by Crippen LogP contribution is 2.37. The molecule has 1 aliphatic heterocycles. The van der Waals surface area contributed by atoms with Gasteiger partial charge in [-0.2, -0.15) is 11.8 Å². The summed E-state index contributed by atoms with van der Waals surface area (Å²) in [4.78, 5) is 11.8. The molecule has 0 atom stereocenters. The summed E-state index contributed by atoms with van der Waals surface area (Å²) in [5.41, 5.74) is 1.68. The van der Waals surface area contributed by atoms with E-state index in [4.69, 9.17) is 0 Å². The lowest BCUT2D eigenvalue weighted by molar-refractivity contribution is 0.164. The summed E-state index contributed by atoms with van der Waals surface area (Å²) in [6, 6.07) is 0.360. The number of thioether (sulfide) groups is 1. The maximum Gasteiger partial charge on any atom is 0.361 e. The summed E-state index contributed by atoms with van der Waals surface area (Å²) < 4.78 is 2.69. The van der Waals surface area contributed by atoms with Gasteiger partial charge in [0, 0.05) is 11.8 Å². The molecule has 0 aromatic carbocycles. The topological polar surface area (TPSA) is 47.2 Å². The maximum absolute atomic E-state index is 11.8. The number of hydrogen-bond donors (Lipinski definition) is 1. The molecule has 1 aromatic rings. The summed E-state index contributed by atoms with van der Waals surface area (Å²) in [5, 5.41) is 9.74. The monoisotopic (exact) mass is 226 g/mol. The molecular formula is C10H14N2O2S. The van der Waals surface area contributed by atoms with Gasteiger partial charge in [0.2, 0.25) is 0 Å². The number of imidazole rings is 1. The van der Waals surface area contributed by atoms with Gasteiger partial charge in [-0.1, -0.05) is 0 Å². The van der Waals surface area contributed by atoms with Crippen LogP contribution < -0.4 is 5.69 Å². The normalized spacial score (nSPS) is 21.1. The Morgan fingerprint density at radius 1 is 1.33 bits per heavy atom. The first-order valence-electron chi connectivity index (χ1n) is 5.41. The molecule has 0 saturated heterocycles. The number of aromatic nitrogens is 2. The van der Waals surface area contributed by atoms with E-state index in [1.54, 1.807) is 0 Å². The number of fused-ring (bicyclic) bond motifs is 1. The van der Waals surface area contributed by atoms with Gasteiger partial charge in [-0.3, -0.25) is 4.57 Å². The lowest BCUT2D eigenvalue weighted by atomic mass is 10.2. The number of rotatable bonds is 1. The van der Waals surface area contributed by atoms with E-state index in [2.05, 4.69) is 0 Å². The second-order valence-electron chi connectivity index (χ2n) is 4.25. The molecule has 82 valence electrons. The van der Waals surface area contributed by atoms with Gasteiger partial charge in [0.1, 0.15) is 0 Å². The number of nitrogens with zero attached hydrogens (tertiary/aromatic N) is 2. The molecular weight excluding hydrogens is 212 g/mol. The average molecular weight is 226 g/mol. The lowest BCUT2D eigenvalue weighted by Crippen LogP contribution is -2.23. The molecule has 0 radical (unpaired) electrons. The number of hydrogen-bond acceptors (Lipinski definition) is 3.